The molecule has 6 nitrogen and oxygen atoms in total. The molecule has 1 aromatic heterocycles. The van der Waals surface area contributed by atoms with E-state index in [1.54, 1.807) is 6.20 Å². The number of nitrogens with zero attached hydrogens (tertiary/aromatic N) is 3. The molecule has 0 amide bonds. The van der Waals surface area contributed by atoms with Gasteiger partial charge >= 0.3 is 0 Å². The predicted molar refractivity (Wildman–Crippen MR) is 75.5 cm³/mol. The molecule has 0 aromatic carbocycles. The lowest BCUT2D eigenvalue weighted by atomic mass is 10.2. The van der Waals surface area contributed by atoms with Gasteiger partial charge in [0.15, 0.2) is 0 Å². The largest absolute Gasteiger partial charge is 0.368 e. The fraction of sp³-hybridized carbons (Fsp3) is 0.583. The summed E-state index contributed by atoms with van der Waals surface area (Å²) in [5.74, 6) is 0. The highest BCUT2D eigenvalue weighted by atomic mass is 32.2. The Morgan fingerprint density at radius 1 is 1.26 bits per heavy atom. The van der Waals surface area contributed by atoms with Crippen LogP contribution in [0.25, 0.3) is 0 Å². The quantitative estimate of drug-likeness (QED) is 0.856. The van der Waals surface area contributed by atoms with E-state index in [0.29, 0.717) is 26.2 Å². The highest BCUT2D eigenvalue weighted by Gasteiger charge is 2.23. The van der Waals surface area contributed by atoms with Gasteiger partial charge in [-0.3, -0.25) is 4.98 Å². The highest BCUT2D eigenvalue weighted by molar-refractivity contribution is 7.88. The number of hydrogen-bond donors (Lipinski definition) is 1. The molecule has 2 N–H and O–H groups in total. The minimum absolute atomic E-state index is 0.0730. The van der Waals surface area contributed by atoms with Crippen molar-refractivity contribution in [3.05, 3.63) is 24.0 Å². The molecule has 1 aliphatic heterocycles. The third-order valence-electron chi connectivity index (χ3n) is 3.31. The van der Waals surface area contributed by atoms with Gasteiger partial charge in [0.05, 0.1) is 23.8 Å². The minimum Gasteiger partial charge on any atom is -0.368 e. The lowest BCUT2D eigenvalue weighted by Gasteiger charge is -2.34. The zero-order chi connectivity index (χ0) is 14.0. The first-order valence-electron chi connectivity index (χ1n) is 6.29. The summed E-state index contributed by atoms with van der Waals surface area (Å²) >= 11 is 0. The molecule has 2 rings (SSSR count). The van der Waals surface area contributed by atoms with Crippen molar-refractivity contribution in [1.82, 2.24) is 9.29 Å². The van der Waals surface area contributed by atoms with Crippen LogP contribution >= 0.6 is 0 Å². The van der Waals surface area contributed by atoms with Gasteiger partial charge in [-0.1, -0.05) is 0 Å². The number of sulfonamides is 1. The Morgan fingerprint density at radius 2 is 1.89 bits per heavy atom. The van der Waals surface area contributed by atoms with Crippen molar-refractivity contribution in [3.63, 3.8) is 0 Å². The minimum atomic E-state index is -3.07. The van der Waals surface area contributed by atoms with E-state index in [0.717, 1.165) is 11.4 Å². The van der Waals surface area contributed by atoms with Crippen molar-refractivity contribution in [2.24, 2.45) is 5.73 Å². The Kier molecular flexibility index (Phi) is 4.07. The summed E-state index contributed by atoms with van der Waals surface area (Å²) < 4.78 is 24.4. The van der Waals surface area contributed by atoms with Crippen molar-refractivity contribution < 1.29 is 8.42 Å². The Morgan fingerprint density at radius 3 is 2.32 bits per heavy atom. The third kappa shape index (κ3) is 3.43. The van der Waals surface area contributed by atoms with Crippen LogP contribution in [0.2, 0.25) is 0 Å². The summed E-state index contributed by atoms with van der Waals surface area (Å²) in [5, 5.41) is 0. The van der Waals surface area contributed by atoms with Crippen LogP contribution < -0.4 is 10.6 Å². The third-order valence-corrected chi connectivity index (χ3v) is 4.61. The SMILES string of the molecule is C[C@@H](N)c1ccc(N2CCN(S(C)(=O)=O)CC2)cn1. The monoisotopic (exact) mass is 284 g/mol. The van der Waals surface area contributed by atoms with Gasteiger partial charge in [0.2, 0.25) is 10.0 Å². The number of hydrogen-bond acceptors (Lipinski definition) is 5. The van der Waals surface area contributed by atoms with Gasteiger partial charge in [-0.25, -0.2) is 8.42 Å². The summed E-state index contributed by atoms with van der Waals surface area (Å²) in [5.41, 5.74) is 7.63. The van der Waals surface area contributed by atoms with Gasteiger partial charge in [0.1, 0.15) is 0 Å². The van der Waals surface area contributed by atoms with Crippen LogP contribution in [0.3, 0.4) is 0 Å². The van der Waals surface area contributed by atoms with Crippen molar-refractivity contribution in [2.45, 2.75) is 13.0 Å². The molecule has 0 spiro atoms. The van der Waals surface area contributed by atoms with Crippen LogP contribution in [0.1, 0.15) is 18.7 Å². The van der Waals surface area contributed by atoms with Crippen LogP contribution in [0.15, 0.2) is 18.3 Å². The Bertz CT molecular complexity index is 519. The fourth-order valence-electron chi connectivity index (χ4n) is 2.13. The van der Waals surface area contributed by atoms with Crippen LogP contribution in [0.4, 0.5) is 5.69 Å². The first-order valence-corrected chi connectivity index (χ1v) is 8.14. The molecule has 0 radical (unpaired) electrons. The van der Waals surface area contributed by atoms with Crippen LogP contribution in [-0.4, -0.2) is 50.1 Å². The molecule has 0 aliphatic carbocycles. The lowest BCUT2D eigenvalue weighted by Crippen LogP contribution is -2.48. The average molecular weight is 284 g/mol. The first-order chi connectivity index (χ1) is 8.88. The van der Waals surface area contributed by atoms with Crippen molar-refractivity contribution in [2.75, 3.05) is 37.3 Å². The lowest BCUT2D eigenvalue weighted by molar-refractivity contribution is 0.388. The molecule has 106 valence electrons. The van der Waals surface area contributed by atoms with Gasteiger partial charge in [-0.2, -0.15) is 4.31 Å². The Hall–Kier alpha value is -1.18. The summed E-state index contributed by atoms with van der Waals surface area (Å²) in [6.45, 7) is 4.31. The molecule has 1 fully saturated rings. The van der Waals surface area contributed by atoms with E-state index in [-0.39, 0.29) is 6.04 Å². The molecule has 7 heteroatoms. The number of aromatic nitrogens is 1. The van der Waals surface area contributed by atoms with Crippen LogP contribution in [-0.2, 0) is 10.0 Å². The summed E-state index contributed by atoms with van der Waals surface area (Å²) in [6.07, 6.45) is 3.05. The number of piperazine rings is 1. The highest BCUT2D eigenvalue weighted by Crippen LogP contribution is 2.18. The second kappa shape index (κ2) is 5.44. The maximum Gasteiger partial charge on any atom is 0.211 e. The van der Waals surface area contributed by atoms with E-state index in [4.69, 9.17) is 5.73 Å². The predicted octanol–water partition coefficient (Wildman–Crippen LogP) is 0.183. The number of pyridine rings is 1. The molecule has 0 saturated carbocycles. The average Bonchev–Trinajstić information content (AvgIpc) is 2.38. The topological polar surface area (TPSA) is 79.5 Å². The molecular formula is C12H20N4O2S. The van der Waals surface area contributed by atoms with Gasteiger partial charge in [-0.05, 0) is 19.1 Å². The van der Waals surface area contributed by atoms with Crippen molar-refractivity contribution >= 4 is 15.7 Å². The van der Waals surface area contributed by atoms with Crippen LogP contribution in [0.5, 0.6) is 0 Å². The second-order valence-corrected chi connectivity index (χ2v) is 6.86. The van der Waals surface area contributed by atoms with Gasteiger partial charge in [-0.15, -0.1) is 0 Å². The first kappa shape index (κ1) is 14.2. The molecule has 0 unspecified atom stereocenters. The van der Waals surface area contributed by atoms with E-state index in [1.165, 1.54) is 10.6 Å². The number of anilines is 1. The van der Waals surface area contributed by atoms with E-state index < -0.39 is 10.0 Å². The zero-order valence-corrected chi connectivity index (χ0v) is 12.1. The van der Waals surface area contributed by atoms with E-state index in [9.17, 15) is 8.42 Å². The second-order valence-electron chi connectivity index (χ2n) is 4.88. The summed E-state index contributed by atoms with van der Waals surface area (Å²) in [6, 6.07) is 3.83. The maximum atomic E-state index is 11.4. The van der Waals surface area contributed by atoms with Crippen molar-refractivity contribution in [1.29, 1.82) is 0 Å². The van der Waals surface area contributed by atoms with E-state index in [2.05, 4.69) is 9.88 Å². The van der Waals surface area contributed by atoms with Gasteiger partial charge in [0.25, 0.3) is 0 Å². The maximum absolute atomic E-state index is 11.4. The van der Waals surface area contributed by atoms with Gasteiger partial charge < -0.3 is 10.6 Å². The fourth-order valence-corrected chi connectivity index (χ4v) is 2.96. The molecule has 1 saturated heterocycles. The Balaban J connectivity index is 2.02. The summed E-state index contributed by atoms with van der Waals surface area (Å²) in [7, 11) is -3.07. The standard InChI is InChI=1S/C12H20N4O2S/c1-10(13)12-4-3-11(9-14-12)15-5-7-16(8-6-15)19(2,17)18/h3-4,9-10H,5-8,13H2,1-2H3/t10-/m1/s1. The molecule has 2 heterocycles. The number of rotatable bonds is 3. The normalized spacial score (nSPS) is 19.4. The molecule has 1 atom stereocenters. The van der Waals surface area contributed by atoms with Crippen molar-refractivity contribution in [3.8, 4) is 0 Å². The van der Waals surface area contributed by atoms with Gasteiger partial charge in [0, 0.05) is 32.2 Å². The molecule has 0 bridgehead atoms. The van der Waals surface area contributed by atoms with E-state index >= 15 is 0 Å². The molecular weight excluding hydrogens is 264 g/mol. The van der Waals surface area contributed by atoms with Crippen LogP contribution in [0, 0.1) is 0 Å². The Labute approximate surface area is 114 Å². The van der Waals surface area contributed by atoms with E-state index in [1.807, 2.05) is 19.1 Å². The molecule has 1 aliphatic rings. The molecule has 19 heavy (non-hydrogen) atoms. The molecule has 1 aromatic rings. The smallest absolute Gasteiger partial charge is 0.211 e. The number of nitrogens with two attached hydrogens (primary N) is 1. The zero-order valence-electron chi connectivity index (χ0n) is 11.3. The summed E-state index contributed by atoms with van der Waals surface area (Å²) in [4.78, 5) is 6.46.